The van der Waals surface area contributed by atoms with E-state index < -0.39 is 0 Å². The van der Waals surface area contributed by atoms with Crippen LogP contribution in [0, 0.1) is 3.57 Å². The summed E-state index contributed by atoms with van der Waals surface area (Å²) in [6.45, 7) is 2.57. The average molecular weight is 360 g/mol. The van der Waals surface area contributed by atoms with Crippen molar-refractivity contribution in [3.05, 3.63) is 45.1 Å². The molecule has 1 heterocycles. The van der Waals surface area contributed by atoms with Crippen molar-refractivity contribution in [2.24, 2.45) is 0 Å². The molecule has 0 aliphatic heterocycles. The molecule has 1 aromatic carbocycles. The zero-order valence-corrected chi connectivity index (χ0v) is 12.2. The Morgan fingerprint density at radius 2 is 1.94 bits per heavy atom. The van der Waals surface area contributed by atoms with Crippen LogP contribution in [0.1, 0.15) is 6.92 Å². The first kappa shape index (κ1) is 12.6. The molecule has 0 aliphatic carbocycles. The molecule has 88 valence electrons. The molecule has 0 atom stereocenters. The number of rotatable bonds is 3. The topological polar surface area (TPSA) is 22.1 Å². The Morgan fingerprint density at radius 1 is 1.24 bits per heavy atom. The van der Waals surface area contributed by atoms with Crippen molar-refractivity contribution >= 4 is 34.2 Å². The van der Waals surface area contributed by atoms with Crippen LogP contribution in [0.5, 0.6) is 5.88 Å². The Balaban J connectivity index is 2.45. The van der Waals surface area contributed by atoms with Crippen LogP contribution < -0.4 is 4.74 Å². The Bertz CT molecular complexity index is 513. The van der Waals surface area contributed by atoms with Crippen LogP contribution >= 0.6 is 34.2 Å². The fourth-order valence-corrected chi connectivity index (χ4v) is 2.43. The number of hydrogen-bond acceptors (Lipinski definition) is 2. The highest BCUT2D eigenvalue weighted by atomic mass is 127. The van der Waals surface area contributed by atoms with E-state index in [9.17, 15) is 0 Å². The fourth-order valence-electron chi connectivity index (χ4n) is 1.51. The normalized spacial score (nSPS) is 10.3. The maximum Gasteiger partial charge on any atom is 0.227 e. The first-order valence-electron chi connectivity index (χ1n) is 5.25. The zero-order valence-electron chi connectivity index (χ0n) is 9.28. The molecule has 2 rings (SSSR count). The van der Waals surface area contributed by atoms with Gasteiger partial charge in [-0.05, 0) is 53.3 Å². The first-order valence-corrected chi connectivity index (χ1v) is 6.71. The largest absolute Gasteiger partial charge is 0.477 e. The second kappa shape index (κ2) is 5.69. The molecule has 0 aliphatic rings. The average Bonchev–Trinajstić information content (AvgIpc) is 2.34. The standard InChI is InChI=1S/C13H11ClINO/c1-2-17-13-12(15)11(7-8-16-13)9-3-5-10(14)6-4-9/h3-8H,2H2,1H3. The number of pyridine rings is 1. The predicted octanol–water partition coefficient (Wildman–Crippen LogP) is 4.41. The van der Waals surface area contributed by atoms with E-state index in [1.807, 2.05) is 37.3 Å². The molecule has 0 N–H and O–H groups in total. The van der Waals surface area contributed by atoms with Crippen molar-refractivity contribution in [2.75, 3.05) is 6.61 Å². The van der Waals surface area contributed by atoms with E-state index in [0.717, 1.165) is 19.7 Å². The van der Waals surface area contributed by atoms with E-state index in [4.69, 9.17) is 16.3 Å². The molecule has 0 unspecified atom stereocenters. The summed E-state index contributed by atoms with van der Waals surface area (Å²) in [5.41, 5.74) is 2.22. The molecule has 2 nitrogen and oxygen atoms in total. The molecule has 0 radical (unpaired) electrons. The molecule has 0 fully saturated rings. The van der Waals surface area contributed by atoms with Crippen LogP contribution in [0.15, 0.2) is 36.5 Å². The van der Waals surface area contributed by atoms with Crippen molar-refractivity contribution < 1.29 is 4.74 Å². The molecule has 1 aromatic heterocycles. The summed E-state index contributed by atoms with van der Waals surface area (Å²) in [5.74, 6) is 0.681. The quantitative estimate of drug-likeness (QED) is 0.758. The summed E-state index contributed by atoms with van der Waals surface area (Å²) in [6, 6.07) is 9.74. The minimum Gasteiger partial charge on any atom is -0.477 e. The third-order valence-electron chi connectivity index (χ3n) is 2.29. The van der Waals surface area contributed by atoms with Gasteiger partial charge in [0.05, 0.1) is 10.2 Å². The summed E-state index contributed by atoms with van der Waals surface area (Å²) < 4.78 is 6.50. The molecule has 0 amide bonds. The van der Waals surface area contributed by atoms with Crippen molar-refractivity contribution in [3.8, 4) is 17.0 Å². The van der Waals surface area contributed by atoms with Crippen molar-refractivity contribution in [3.63, 3.8) is 0 Å². The zero-order chi connectivity index (χ0) is 12.3. The lowest BCUT2D eigenvalue weighted by atomic mass is 10.1. The van der Waals surface area contributed by atoms with Crippen molar-refractivity contribution in [1.29, 1.82) is 0 Å². The molecule has 2 aromatic rings. The summed E-state index contributed by atoms with van der Waals surface area (Å²) in [5, 5.41) is 0.739. The third kappa shape index (κ3) is 2.90. The Hall–Kier alpha value is -0.810. The number of nitrogens with zero attached hydrogens (tertiary/aromatic N) is 1. The molecule has 0 spiro atoms. The third-order valence-corrected chi connectivity index (χ3v) is 3.59. The smallest absolute Gasteiger partial charge is 0.227 e. The molecule has 0 saturated carbocycles. The summed E-state index contributed by atoms with van der Waals surface area (Å²) in [4.78, 5) is 4.22. The van der Waals surface area contributed by atoms with E-state index >= 15 is 0 Å². The van der Waals surface area contributed by atoms with Gasteiger partial charge in [0.15, 0.2) is 0 Å². The number of benzene rings is 1. The van der Waals surface area contributed by atoms with Crippen molar-refractivity contribution in [2.45, 2.75) is 6.92 Å². The number of ether oxygens (including phenoxy) is 1. The van der Waals surface area contributed by atoms with Crippen LogP contribution in [0.3, 0.4) is 0 Å². The van der Waals surface area contributed by atoms with E-state index in [1.165, 1.54) is 0 Å². The van der Waals surface area contributed by atoms with Gasteiger partial charge in [0, 0.05) is 16.8 Å². The van der Waals surface area contributed by atoms with Crippen LogP contribution in [0.2, 0.25) is 5.02 Å². The van der Waals surface area contributed by atoms with Crippen LogP contribution in [-0.4, -0.2) is 11.6 Å². The van der Waals surface area contributed by atoms with E-state index in [2.05, 4.69) is 27.6 Å². The van der Waals surface area contributed by atoms with Crippen molar-refractivity contribution in [1.82, 2.24) is 4.98 Å². The van der Waals surface area contributed by atoms with Crippen LogP contribution in [0.25, 0.3) is 11.1 Å². The van der Waals surface area contributed by atoms with Gasteiger partial charge in [0.25, 0.3) is 0 Å². The minimum atomic E-state index is 0.618. The van der Waals surface area contributed by atoms with Gasteiger partial charge in [-0.15, -0.1) is 0 Å². The van der Waals surface area contributed by atoms with Gasteiger partial charge in [-0.1, -0.05) is 23.7 Å². The Morgan fingerprint density at radius 3 is 2.59 bits per heavy atom. The van der Waals surface area contributed by atoms with Gasteiger partial charge in [0.2, 0.25) is 5.88 Å². The van der Waals surface area contributed by atoms with E-state index in [1.54, 1.807) is 6.20 Å². The van der Waals surface area contributed by atoms with Crippen LogP contribution in [-0.2, 0) is 0 Å². The van der Waals surface area contributed by atoms with Gasteiger partial charge in [0.1, 0.15) is 0 Å². The lowest BCUT2D eigenvalue weighted by Gasteiger charge is -2.09. The Kier molecular flexibility index (Phi) is 4.23. The molecule has 4 heteroatoms. The Labute approximate surface area is 119 Å². The molecule has 17 heavy (non-hydrogen) atoms. The predicted molar refractivity (Wildman–Crippen MR) is 78.6 cm³/mol. The second-order valence-electron chi connectivity index (χ2n) is 3.42. The molecular weight excluding hydrogens is 349 g/mol. The SMILES string of the molecule is CCOc1nccc(-c2ccc(Cl)cc2)c1I. The lowest BCUT2D eigenvalue weighted by molar-refractivity contribution is 0.324. The summed E-state index contributed by atoms with van der Waals surface area (Å²) in [7, 11) is 0. The summed E-state index contributed by atoms with van der Waals surface area (Å²) in [6.07, 6.45) is 1.76. The monoisotopic (exact) mass is 359 g/mol. The van der Waals surface area contributed by atoms with E-state index in [-0.39, 0.29) is 0 Å². The maximum atomic E-state index is 5.88. The fraction of sp³-hybridized carbons (Fsp3) is 0.154. The molecule has 0 saturated heterocycles. The first-order chi connectivity index (χ1) is 8.22. The number of aromatic nitrogens is 1. The molecule has 0 bridgehead atoms. The maximum absolute atomic E-state index is 5.88. The van der Waals surface area contributed by atoms with Gasteiger partial charge in [-0.25, -0.2) is 4.98 Å². The molecular formula is C13H11ClINO. The summed E-state index contributed by atoms with van der Waals surface area (Å²) >= 11 is 8.14. The van der Waals surface area contributed by atoms with Gasteiger partial charge < -0.3 is 4.74 Å². The lowest BCUT2D eigenvalue weighted by Crippen LogP contribution is -1.98. The van der Waals surface area contributed by atoms with Gasteiger partial charge >= 0.3 is 0 Å². The van der Waals surface area contributed by atoms with E-state index in [0.29, 0.717) is 12.5 Å². The second-order valence-corrected chi connectivity index (χ2v) is 4.93. The number of hydrogen-bond donors (Lipinski definition) is 0. The minimum absolute atomic E-state index is 0.618. The highest BCUT2D eigenvalue weighted by molar-refractivity contribution is 14.1. The number of halogens is 2. The highest BCUT2D eigenvalue weighted by Crippen LogP contribution is 2.30. The highest BCUT2D eigenvalue weighted by Gasteiger charge is 2.09. The van der Waals surface area contributed by atoms with Gasteiger partial charge in [-0.3, -0.25) is 0 Å². The van der Waals surface area contributed by atoms with Crippen LogP contribution in [0.4, 0.5) is 0 Å². The van der Waals surface area contributed by atoms with Gasteiger partial charge in [-0.2, -0.15) is 0 Å².